The Balaban J connectivity index is 1.89. The van der Waals surface area contributed by atoms with E-state index < -0.39 is 35.3 Å². The first-order chi connectivity index (χ1) is 18.2. The van der Waals surface area contributed by atoms with Gasteiger partial charge in [0.25, 0.3) is 5.78 Å². The maximum atomic E-state index is 15.1. The number of carbonyl (C=O) groups excluding carboxylic acids is 3. The largest absolute Gasteiger partial charge is 0.507 e. The summed E-state index contributed by atoms with van der Waals surface area (Å²) in [5, 5.41) is 11.4. The Morgan fingerprint density at radius 3 is 2.55 bits per heavy atom. The molecule has 1 aliphatic rings. The van der Waals surface area contributed by atoms with Crippen molar-refractivity contribution in [2.24, 2.45) is 0 Å². The lowest BCUT2D eigenvalue weighted by Crippen LogP contribution is -2.29. The van der Waals surface area contributed by atoms with Gasteiger partial charge in [0.15, 0.2) is 5.13 Å². The number of amides is 1. The summed E-state index contributed by atoms with van der Waals surface area (Å²) in [5.74, 6) is -3.13. The van der Waals surface area contributed by atoms with Crippen LogP contribution in [0.4, 0.5) is 9.52 Å². The molecule has 1 amide bonds. The highest BCUT2D eigenvalue weighted by atomic mass is 32.1. The third-order valence-corrected chi connectivity index (χ3v) is 7.16. The minimum atomic E-state index is -1.31. The summed E-state index contributed by atoms with van der Waals surface area (Å²) in [6, 6.07) is 9.35. The average Bonchev–Trinajstić information content (AvgIpc) is 3.39. The summed E-state index contributed by atoms with van der Waals surface area (Å²) >= 11 is 0.861. The number of aromatic nitrogens is 1. The van der Waals surface area contributed by atoms with E-state index in [1.54, 1.807) is 45.0 Å². The van der Waals surface area contributed by atoms with Crippen LogP contribution in [0.25, 0.3) is 5.76 Å². The molecule has 1 saturated heterocycles. The molecule has 1 N–H and O–H groups in total. The number of thiazole rings is 1. The number of hydrogen-bond donors (Lipinski definition) is 1. The number of benzene rings is 2. The highest BCUT2D eigenvalue weighted by Gasteiger charge is 2.49. The summed E-state index contributed by atoms with van der Waals surface area (Å²) in [7, 11) is 0. The predicted molar refractivity (Wildman–Crippen MR) is 141 cm³/mol. The van der Waals surface area contributed by atoms with Crippen molar-refractivity contribution in [1.82, 2.24) is 4.98 Å². The van der Waals surface area contributed by atoms with Gasteiger partial charge in [0.05, 0.1) is 24.5 Å². The van der Waals surface area contributed by atoms with Crippen LogP contribution in [0.5, 0.6) is 5.75 Å². The van der Waals surface area contributed by atoms with Crippen molar-refractivity contribution in [3.63, 3.8) is 0 Å². The second kappa shape index (κ2) is 11.1. The maximum Gasteiger partial charge on any atom is 0.350 e. The SMILES string of the molecule is CCCOc1ccc(/C(O)=C2/C(=O)C(=O)N(c3nc(C)c(C(=O)OCC)s3)C2c2ccccc2F)c(C)c1. The minimum Gasteiger partial charge on any atom is -0.507 e. The highest BCUT2D eigenvalue weighted by Crippen LogP contribution is 2.45. The van der Waals surface area contributed by atoms with E-state index >= 15 is 4.39 Å². The van der Waals surface area contributed by atoms with Gasteiger partial charge >= 0.3 is 11.9 Å². The zero-order valence-electron chi connectivity index (χ0n) is 21.4. The number of anilines is 1. The molecule has 1 atom stereocenters. The number of rotatable bonds is 8. The molecule has 0 radical (unpaired) electrons. The Kier molecular flexibility index (Phi) is 7.91. The molecule has 10 heteroatoms. The van der Waals surface area contributed by atoms with E-state index in [0.29, 0.717) is 29.2 Å². The van der Waals surface area contributed by atoms with Crippen LogP contribution in [0, 0.1) is 19.7 Å². The predicted octanol–water partition coefficient (Wildman–Crippen LogP) is 5.49. The number of ketones is 1. The summed E-state index contributed by atoms with van der Waals surface area (Å²) < 4.78 is 25.8. The standard InChI is InChI=1S/C28H27FN2O6S/c1-5-13-37-17-11-12-18(15(3)14-17)23(32)21-22(19-9-7-8-10-20(19)29)31(26(34)24(21)33)28-30-16(4)25(38-28)27(35)36-6-2/h7-12,14,22,32H,5-6,13H2,1-4H3/b23-21-. The molecule has 0 aliphatic carbocycles. The van der Waals surface area contributed by atoms with E-state index in [0.717, 1.165) is 22.7 Å². The third kappa shape index (κ3) is 4.91. The molecule has 1 aliphatic heterocycles. The van der Waals surface area contributed by atoms with Crippen LogP contribution in [-0.2, 0) is 14.3 Å². The van der Waals surface area contributed by atoms with Gasteiger partial charge in [-0.3, -0.25) is 14.5 Å². The molecule has 38 heavy (non-hydrogen) atoms. The molecule has 0 bridgehead atoms. The summed E-state index contributed by atoms with van der Waals surface area (Å²) in [5.41, 5.74) is 0.923. The van der Waals surface area contributed by atoms with Gasteiger partial charge in [-0.15, -0.1) is 0 Å². The van der Waals surface area contributed by atoms with Crippen molar-refractivity contribution < 1.29 is 33.4 Å². The van der Waals surface area contributed by atoms with E-state index in [1.165, 1.54) is 18.2 Å². The Morgan fingerprint density at radius 1 is 1.16 bits per heavy atom. The van der Waals surface area contributed by atoms with Crippen molar-refractivity contribution in [3.05, 3.63) is 81.1 Å². The second-order valence-corrected chi connectivity index (χ2v) is 9.62. The maximum absolute atomic E-state index is 15.1. The molecule has 198 valence electrons. The molecule has 1 aromatic heterocycles. The van der Waals surface area contributed by atoms with E-state index in [4.69, 9.17) is 9.47 Å². The summed E-state index contributed by atoms with van der Waals surface area (Å²) in [6.07, 6.45) is 0.820. The van der Waals surface area contributed by atoms with Crippen LogP contribution >= 0.6 is 11.3 Å². The number of aliphatic hydroxyl groups excluding tert-OH is 1. The van der Waals surface area contributed by atoms with Crippen molar-refractivity contribution in [3.8, 4) is 5.75 Å². The van der Waals surface area contributed by atoms with Gasteiger partial charge in [-0.05, 0) is 57.0 Å². The van der Waals surface area contributed by atoms with E-state index in [9.17, 15) is 19.5 Å². The van der Waals surface area contributed by atoms with Crippen molar-refractivity contribution in [1.29, 1.82) is 0 Å². The number of carbonyl (C=O) groups is 3. The van der Waals surface area contributed by atoms with Crippen LogP contribution in [0.15, 0.2) is 48.0 Å². The Hall–Kier alpha value is -4.05. The molecule has 3 aromatic rings. The molecule has 8 nitrogen and oxygen atoms in total. The molecular weight excluding hydrogens is 511 g/mol. The van der Waals surface area contributed by atoms with Gasteiger partial charge < -0.3 is 14.6 Å². The first kappa shape index (κ1) is 27.0. The minimum absolute atomic E-state index is 0.000611. The van der Waals surface area contributed by atoms with Crippen LogP contribution in [-0.4, -0.2) is 41.0 Å². The average molecular weight is 539 g/mol. The lowest BCUT2D eigenvalue weighted by atomic mass is 9.93. The lowest BCUT2D eigenvalue weighted by molar-refractivity contribution is -0.132. The molecule has 1 fully saturated rings. The van der Waals surface area contributed by atoms with Crippen LogP contribution in [0.2, 0.25) is 0 Å². The molecule has 4 rings (SSSR count). The number of Topliss-reactive ketones (excluding diaryl/α,β-unsaturated/α-hetero) is 1. The van der Waals surface area contributed by atoms with Gasteiger partial charge in [-0.1, -0.05) is 36.5 Å². The molecule has 2 heterocycles. The van der Waals surface area contributed by atoms with Gasteiger partial charge in [0, 0.05) is 11.1 Å². The van der Waals surface area contributed by atoms with Crippen LogP contribution in [0.1, 0.15) is 58.4 Å². The zero-order valence-corrected chi connectivity index (χ0v) is 22.2. The number of aliphatic hydroxyl groups is 1. The fraction of sp³-hybridized carbons (Fsp3) is 0.286. The first-order valence-electron chi connectivity index (χ1n) is 12.1. The second-order valence-electron chi connectivity index (χ2n) is 8.65. The van der Waals surface area contributed by atoms with Crippen molar-refractivity contribution in [2.45, 2.75) is 40.2 Å². The van der Waals surface area contributed by atoms with Crippen LogP contribution in [0.3, 0.4) is 0 Å². The third-order valence-electron chi connectivity index (χ3n) is 6.02. The van der Waals surface area contributed by atoms with Crippen LogP contribution < -0.4 is 9.64 Å². The topological polar surface area (TPSA) is 106 Å². The first-order valence-corrected chi connectivity index (χ1v) is 12.9. The molecule has 0 saturated carbocycles. The number of esters is 1. The van der Waals surface area contributed by atoms with Crippen molar-refractivity contribution in [2.75, 3.05) is 18.1 Å². The van der Waals surface area contributed by atoms with Gasteiger partial charge in [0.2, 0.25) is 0 Å². The smallest absolute Gasteiger partial charge is 0.350 e. The number of halogens is 1. The number of hydrogen-bond acceptors (Lipinski definition) is 8. The number of nitrogens with zero attached hydrogens (tertiary/aromatic N) is 2. The fourth-order valence-electron chi connectivity index (χ4n) is 4.25. The van der Waals surface area contributed by atoms with Gasteiger partial charge in [-0.2, -0.15) is 0 Å². The Morgan fingerprint density at radius 2 is 1.89 bits per heavy atom. The Labute approximate surface area is 223 Å². The van der Waals surface area contributed by atoms with E-state index in [1.807, 2.05) is 6.92 Å². The van der Waals surface area contributed by atoms with Gasteiger partial charge in [0.1, 0.15) is 28.2 Å². The van der Waals surface area contributed by atoms with Gasteiger partial charge in [-0.25, -0.2) is 14.2 Å². The monoisotopic (exact) mass is 538 g/mol. The summed E-state index contributed by atoms with van der Waals surface area (Å²) in [6.45, 7) is 7.62. The number of aryl methyl sites for hydroxylation is 2. The van der Waals surface area contributed by atoms with E-state index in [-0.39, 0.29) is 27.8 Å². The normalized spacial score (nSPS) is 16.7. The molecule has 2 aromatic carbocycles. The lowest BCUT2D eigenvalue weighted by Gasteiger charge is -2.23. The molecular formula is C28H27FN2O6S. The zero-order chi connectivity index (χ0) is 27.6. The summed E-state index contributed by atoms with van der Waals surface area (Å²) in [4.78, 5) is 44.7. The van der Waals surface area contributed by atoms with Crippen molar-refractivity contribution >= 4 is 39.9 Å². The Bertz CT molecular complexity index is 1450. The number of ether oxygens (including phenoxy) is 2. The fourth-order valence-corrected chi connectivity index (χ4v) is 5.24. The molecule has 1 unspecified atom stereocenters. The highest BCUT2D eigenvalue weighted by molar-refractivity contribution is 7.17. The van der Waals surface area contributed by atoms with E-state index in [2.05, 4.69) is 4.98 Å². The molecule has 0 spiro atoms. The quantitative estimate of drug-likeness (QED) is 0.175.